The van der Waals surface area contributed by atoms with Gasteiger partial charge >= 0.3 is 17.9 Å². The van der Waals surface area contributed by atoms with Gasteiger partial charge in [-0.05, 0) is 122 Å². The SMILES string of the molecule is CC/C=C\C/C=C\C/C=C\C/C=C\C/C=C\C/C=C\CCC(=O)OC[C@H](COC(=O)CCCC/C=C\C/C=C\C/C=C\C/C=C\CC)OC(=O)CCCCCCCCCCC/C=C\CCCCCCCC. The molecule has 0 saturated carbocycles. The van der Waals surface area contributed by atoms with E-state index in [4.69, 9.17) is 14.2 Å². The van der Waals surface area contributed by atoms with Gasteiger partial charge in [0.1, 0.15) is 13.2 Å². The van der Waals surface area contributed by atoms with Gasteiger partial charge in [0.25, 0.3) is 0 Å². The van der Waals surface area contributed by atoms with Crippen LogP contribution in [0.5, 0.6) is 0 Å². The van der Waals surface area contributed by atoms with Crippen LogP contribution in [0, 0.1) is 0 Å². The molecule has 0 bridgehead atoms. The lowest BCUT2D eigenvalue weighted by Crippen LogP contribution is -2.30. The third-order valence-electron chi connectivity index (χ3n) is 11.6. The van der Waals surface area contributed by atoms with Gasteiger partial charge in [0.05, 0.1) is 0 Å². The molecule has 0 aliphatic rings. The smallest absolute Gasteiger partial charge is 0.306 e. The zero-order valence-electron chi connectivity index (χ0n) is 45.7. The molecule has 0 heterocycles. The Bertz CT molecular complexity index is 1550. The van der Waals surface area contributed by atoms with Crippen LogP contribution < -0.4 is 0 Å². The molecule has 0 radical (unpaired) electrons. The number of rotatable bonds is 50. The van der Waals surface area contributed by atoms with E-state index in [0.29, 0.717) is 19.3 Å². The highest BCUT2D eigenvalue weighted by Gasteiger charge is 2.19. The van der Waals surface area contributed by atoms with E-state index in [1.165, 1.54) is 89.9 Å². The molecule has 1 atom stereocenters. The number of unbranched alkanes of at least 4 members (excludes halogenated alkanes) is 17. The second-order valence-electron chi connectivity index (χ2n) is 18.4. The summed E-state index contributed by atoms with van der Waals surface area (Å²) in [4.78, 5) is 38.1. The van der Waals surface area contributed by atoms with Crippen LogP contribution in [0.3, 0.4) is 0 Å². The van der Waals surface area contributed by atoms with Gasteiger partial charge in [-0.1, -0.05) is 231 Å². The van der Waals surface area contributed by atoms with Crippen molar-refractivity contribution in [3.63, 3.8) is 0 Å². The normalized spacial score (nSPS) is 13.1. The van der Waals surface area contributed by atoms with Gasteiger partial charge in [-0.2, -0.15) is 0 Å². The molecule has 0 spiro atoms. The van der Waals surface area contributed by atoms with Gasteiger partial charge in [-0.3, -0.25) is 14.4 Å². The van der Waals surface area contributed by atoms with Crippen molar-refractivity contribution in [1.82, 2.24) is 0 Å². The van der Waals surface area contributed by atoms with E-state index < -0.39 is 6.10 Å². The van der Waals surface area contributed by atoms with Gasteiger partial charge in [0.15, 0.2) is 6.10 Å². The minimum Gasteiger partial charge on any atom is -0.462 e. The Morgan fingerprint density at radius 1 is 0.296 bits per heavy atom. The fourth-order valence-electron chi connectivity index (χ4n) is 7.39. The Morgan fingerprint density at radius 2 is 0.577 bits per heavy atom. The zero-order valence-corrected chi connectivity index (χ0v) is 45.7. The van der Waals surface area contributed by atoms with Gasteiger partial charge in [-0.15, -0.1) is 0 Å². The Kier molecular flexibility index (Phi) is 54.5. The fraction of sp³-hybridized carbons (Fsp3) is 0.615. The number of ether oxygens (including phenoxy) is 3. The topological polar surface area (TPSA) is 78.9 Å². The molecule has 0 rings (SSSR count). The molecular weight excluding hydrogens is 877 g/mol. The van der Waals surface area contributed by atoms with E-state index in [9.17, 15) is 14.4 Å². The van der Waals surface area contributed by atoms with Crippen LogP contribution in [-0.2, 0) is 28.6 Å². The molecule has 0 aliphatic carbocycles. The summed E-state index contributed by atoms with van der Waals surface area (Å²) in [6, 6.07) is 0. The summed E-state index contributed by atoms with van der Waals surface area (Å²) in [5, 5.41) is 0. The Balaban J connectivity index is 4.56. The molecule has 0 aromatic rings. The lowest BCUT2D eigenvalue weighted by Gasteiger charge is -2.18. The molecule has 0 aliphatic heterocycles. The third-order valence-corrected chi connectivity index (χ3v) is 11.6. The Morgan fingerprint density at radius 3 is 0.986 bits per heavy atom. The third kappa shape index (κ3) is 56.3. The van der Waals surface area contributed by atoms with Crippen LogP contribution in [0.4, 0.5) is 0 Å². The number of hydrogen-bond donors (Lipinski definition) is 0. The Hall–Kier alpha value is -4.45. The molecule has 0 fully saturated rings. The number of esters is 3. The number of hydrogen-bond acceptors (Lipinski definition) is 6. The van der Waals surface area contributed by atoms with Crippen LogP contribution in [0.25, 0.3) is 0 Å². The molecule has 6 nitrogen and oxygen atoms in total. The summed E-state index contributed by atoms with van der Waals surface area (Å²) < 4.78 is 16.8. The summed E-state index contributed by atoms with van der Waals surface area (Å²) in [6.45, 7) is 6.30. The van der Waals surface area contributed by atoms with Gasteiger partial charge < -0.3 is 14.2 Å². The average molecular weight is 982 g/mol. The summed E-state index contributed by atoms with van der Waals surface area (Å²) in [5.41, 5.74) is 0. The monoisotopic (exact) mass is 981 g/mol. The molecule has 0 saturated heterocycles. The summed E-state index contributed by atoms with van der Waals surface area (Å²) in [5.74, 6) is -1.06. The Labute approximate surface area is 436 Å². The van der Waals surface area contributed by atoms with Gasteiger partial charge in [0, 0.05) is 19.3 Å². The molecule has 0 unspecified atom stereocenters. The quantitative estimate of drug-likeness (QED) is 0.0262. The van der Waals surface area contributed by atoms with E-state index in [1.54, 1.807) is 0 Å². The van der Waals surface area contributed by atoms with Crippen molar-refractivity contribution in [3.8, 4) is 0 Å². The largest absolute Gasteiger partial charge is 0.462 e. The number of carbonyl (C=O) groups excluding carboxylic acids is 3. The van der Waals surface area contributed by atoms with Crippen LogP contribution in [-0.4, -0.2) is 37.2 Å². The van der Waals surface area contributed by atoms with Crippen LogP contribution >= 0.6 is 0 Å². The van der Waals surface area contributed by atoms with E-state index in [0.717, 1.165) is 96.3 Å². The second-order valence-corrected chi connectivity index (χ2v) is 18.4. The first kappa shape index (κ1) is 66.6. The summed E-state index contributed by atoms with van der Waals surface area (Å²) in [6.07, 6.45) is 81.7. The van der Waals surface area contributed by atoms with Crippen molar-refractivity contribution in [2.75, 3.05) is 13.2 Å². The summed E-state index contributed by atoms with van der Waals surface area (Å²) in [7, 11) is 0. The lowest BCUT2D eigenvalue weighted by atomic mass is 10.1. The minimum absolute atomic E-state index is 0.128. The first-order valence-electron chi connectivity index (χ1n) is 28.7. The average Bonchev–Trinajstić information content (AvgIpc) is 3.37. The maximum atomic E-state index is 12.9. The van der Waals surface area contributed by atoms with E-state index in [1.807, 2.05) is 12.2 Å². The molecule has 400 valence electrons. The molecule has 71 heavy (non-hydrogen) atoms. The van der Waals surface area contributed by atoms with Crippen LogP contribution in [0.1, 0.15) is 239 Å². The van der Waals surface area contributed by atoms with Crippen molar-refractivity contribution in [2.24, 2.45) is 0 Å². The number of carbonyl (C=O) groups is 3. The van der Waals surface area contributed by atoms with Crippen molar-refractivity contribution >= 4 is 17.9 Å². The van der Waals surface area contributed by atoms with Crippen molar-refractivity contribution in [2.45, 2.75) is 245 Å². The standard InChI is InChI=1S/C65H104O6/c1-4-7-10-13-16-19-22-25-28-30-32-34-37-40-43-46-49-52-55-58-64(67)70-61-62(60-69-63(66)57-54-51-48-45-42-39-36-27-24-21-18-15-12-9-6-3)71-65(68)59-56-53-50-47-44-41-38-35-33-31-29-26-23-20-17-14-11-8-5-2/h7,9-10,12,16,18-19,21,25-29,32,34,36,40,42-43,45,49,52,62H,4-6,8,11,13-15,17,20,22-24,30-31,33,35,37-39,41,44,46-48,50-51,53-61H2,1-3H3/b10-7-,12-9-,19-16-,21-18-,28-25-,29-26-,34-32-,36-27-,43-40-,45-42-,52-49-/t62-/m0/s1. The predicted octanol–water partition coefficient (Wildman–Crippen LogP) is 19.4. The van der Waals surface area contributed by atoms with Crippen molar-refractivity contribution < 1.29 is 28.6 Å². The summed E-state index contributed by atoms with van der Waals surface area (Å²) >= 11 is 0. The van der Waals surface area contributed by atoms with Crippen LogP contribution in [0.15, 0.2) is 134 Å². The van der Waals surface area contributed by atoms with E-state index in [-0.39, 0.29) is 44.0 Å². The highest BCUT2D eigenvalue weighted by molar-refractivity contribution is 5.71. The minimum atomic E-state index is -0.832. The zero-order chi connectivity index (χ0) is 51.4. The predicted molar refractivity (Wildman–Crippen MR) is 306 cm³/mol. The van der Waals surface area contributed by atoms with E-state index >= 15 is 0 Å². The fourth-order valence-corrected chi connectivity index (χ4v) is 7.39. The molecular formula is C65H104O6. The molecule has 0 N–H and O–H groups in total. The molecule has 0 aromatic heterocycles. The molecule has 0 aromatic carbocycles. The first-order chi connectivity index (χ1) is 35.0. The molecule has 6 heteroatoms. The van der Waals surface area contributed by atoms with Crippen molar-refractivity contribution in [1.29, 1.82) is 0 Å². The highest BCUT2D eigenvalue weighted by Crippen LogP contribution is 2.14. The lowest BCUT2D eigenvalue weighted by molar-refractivity contribution is -0.166. The first-order valence-corrected chi connectivity index (χ1v) is 28.7. The maximum Gasteiger partial charge on any atom is 0.306 e. The van der Waals surface area contributed by atoms with E-state index in [2.05, 4.69) is 142 Å². The van der Waals surface area contributed by atoms with Crippen LogP contribution in [0.2, 0.25) is 0 Å². The van der Waals surface area contributed by atoms with Gasteiger partial charge in [0.2, 0.25) is 0 Å². The molecule has 0 amide bonds. The van der Waals surface area contributed by atoms with Gasteiger partial charge in [-0.25, -0.2) is 0 Å². The number of allylic oxidation sites excluding steroid dienone is 22. The maximum absolute atomic E-state index is 12.9. The van der Waals surface area contributed by atoms with Crippen molar-refractivity contribution in [3.05, 3.63) is 134 Å². The second kappa shape index (κ2) is 58.1. The highest BCUT2D eigenvalue weighted by atomic mass is 16.6.